The molecule has 0 radical (unpaired) electrons. The van der Waals surface area contributed by atoms with Crippen molar-refractivity contribution < 1.29 is 29.3 Å². The van der Waals surface area contributed by atoms with Gasteiger partial charge in [0.2, 0.25) is 0 Å². The fourth-order valence-corrected chi connectivity index (χ4v) is 8.97. The maximum atomic E-state index is 12.8. The quantitative estimate of drug-likeness (QED) is 0.0461. The first-order valence-electron chi connectivity index (χ1n) is 26.4. The average molecular weight is 851 g/mol. The molecular formula is C52H102N2O6. The van der Waals surface area contributed by atoms with E-state index < -0.39 is 0 Å². The number of aliphatic hydroxyl groups excluding tert-OH is 2. The van der Waals surface area contributed by atoms with Crippen molar-refractivity contribution in [1.29, 1.82) is 0 Å². The fraction of sp³-hybridized carbons (Fsp3) is 0.962. The van der Waals surface area contributed by atoms with Gasteiger partial charge in [0.15, 0.2) is 0 Å². The van der Waals surface area contributed by atoms with Crippen LogP contribution in [-0.4, -0.2) is 96.6 Å². The highest BCUT2D eigenvalue weighted by atomic mass is 16.5. The van der Waals surface area contributed by atoms with E-state index in [0.717, 1.165) is 77.5 Å². The van der Waals surface area contributed by atoms with Crippen LogP contribution in [0.1, 0.15) is 246 Å². The Labute approximate surface area is 372 Å². The number of esters is 2. The maximum Gasteiger partial charge on any atom is 0.305 e. The number of rotatable bonds is 46. The zero-order valence-corrected chi connectivity index (χ0v) is 40.4. The summed E-state index contributed by atoms with van der Waals surface area (Å²) in [5.74, 6) is 0.938. The summed E-state index contributed by atoms with van der Waals surface area (Å²) in [5, 5.41) is 19.7. The minimum absolute atomic E-state index is 0.0329. The van der Waals surface area contributed by atoms with Crippen molar-refractivity contribution in [2.75, 3.05) is 52.5 Å². The van der Waals surface area contributed by atoms with Crippen LogP contribution in [0.25, 0.3) is 0 Å². The van der Waals surface area contributed by atoms with Gasteiger partial charge in [-0.1, -0.05) is 169 Å². The first kappa shape index (κ1) is 56.8. The summed E-state index contributed by atoms with van der Waals surface area (Å²) in [4.78, 5) is 30.5. The maximum absolute atomic E-state index is 12.8. The van der Waals surface area contributed by atoms with E-state index in [2.05, 4.69) is 37.5 Å². The van der Waals surface area contributed by atoms with Gasteiger partial charge in [-0.15, -0.1) is 0 Å². The van der Waals surface area contributed by atoms with Crippen molar-refractivity contribution in [2.45, 2.75) is 258 Å². The Hall–Kier alpha value is -1.22. The number of ether oxygens (including phenoxy) is 2. The van der Waals surface area contributed by atoms with Crippen molar-refractivity contribution in [1.82, 2.24) is 9.80 Å². The predicted octanol–water partition coefficient (Wildman–Crippen LogP) is 13.0. The molecule has 0 bridgehead atoms. The summed E-state index contributed by atoms with van der Waals surface area (Å²) in [7, 11) is 0. The molecule has 0 spiro atoms. The van der Waals surface area contributed by atoms with E-state index in [1.54, 1.807) is 0 Å². The van der Waals surface area contributed by atoms with Gasteiger partial charge in [0, 0.05) is 38.5 Å². The average Bonchev–Trinajstić information content (AvgIpc) is 3.23. The Kier molecular flexibility index (Phi) is 39.5. The second-order valence-corrected chi connectivity index (χ2v) is 18.9. The fourth-order valence-electron chi connectivity index (χ4n) is 8.97. The molecule has 0 aromatic carbocycles. The second kappa shape index (κ2) is 41.8. The smallest absolute Gasteiger partial charge is 0.305 e. The molecule has 1 saturated carbocycles. The van der Waals surface area contributed by atoms with E-state index in [1.807, 2.05) is 0 Å². The third kappa shape index (κ3) is 33.4. The van der Waals surface area contributed by atoms with E-state index in [4.69, 9.17) is 9.47 Å². The van der Waals surface area contributed by atoms with Crippen molar-refractivity contribution in [3.63, 3.8) is 0 Å². The van der Waals surface area contributed by atoms with Crippen LogP contribution in [0.2, 0.25) is 0 Å². The van der Waals surface area contributed by atoms with Crippen LogP contribution < -0.4 is 0 Å². The minimum Gasteiger partial charge on any atom is -0.465 e. The number of carbonyl (C=O) groups excluding carboxylic acids is 2. The van der Waals surface area contributed by atoms with Crippen molar-refractivity contribution in [3.05, 3.63) is 0 Å². The molecule has 356 valence electrons. The number of aliphatic hydroxyl groups is 2. The molecule has 2 atom stereocenters. The predicted molar refractivity (Wildman–Crippen MR) is 253 cm³/mol. The Bertz CT molecular complexity index is 887. The van der Waals surface area contributed by atoms with Crippen LogP contribution in [0.3, 0.4) is 0 Å². The summed E-state index contributed by atoms with van der Waals surface area (Å²) in [6.07, 6.45) is 38.7. The van der Waals surface area contributed by atoms with Gasteiger partial charge in [-0.3, -0.25) is 14.5 Å². The summed E-state index contributed by atoms with van der Waals surface area (Å²) in [6, 6.07) is 0.356. The van der Waals surface area contributed by atoms with Gasteiger partial charge in [0.1, 0.15) is 0 Å². The van der Waals surface area contributed by atoms with Gasteiger partial charge >= 0.3 is 11.9 Å². The van der Waals surface area contributed by atoms with Gasteiger partial charge in [0.25, 0.3) is 0 Å². The van der Waals surface area contributed by atoms with E-state index in [9.17, 15) is 19.8 Å². The first-order chi connectivity index (χ1) is 29.4. The molecule has 0 saturated heterocycles. The van der Waals surface area contributed by atoms with Crippen LogP contribution in [0, 0.1) is 11.8 Å². The highest BCUT2D eigenvalue weighted by molar-refractivity contribution is 5.69. The van der Waals surface area contributed by atoms with E-state index in [1.165, 1.54) is 154 Å². The Morgan fingerprint density at radius 2 is 0.850 bits per heavy atom. The Morgan fingerprint density at radius 3 is 1.23 bits per heavy atom. The van der Waals surface area contributed by atoms with Crippen molar-refractivity contribution in [2.24, 2.45) is 11.8 Å². The summed E-state index contributed by atoms with van der Waals surface area (Å²) >= 11 is 0. The number of nitrogens with zero attached hydrogens (tertiary/aromatic N) is 2. The highest BCUT2D eigenvalue weighted by Gasteiger charge is 2.32. The molecule has 0 heterocycles. The number of carbonyl (C=O) groups is 2. The molecule has 8 nitrogen and oxygen atoms in total. The first-order valence-corrected chi connectivity index (χ1v) is 26.4. The lowest BCUT2D eigenvalue weighted by Gasteiger charge is -2.41. The standard InChI is InChI=1S/C52H102N2O6/c1-5-9-13-17-19-25-33-47(31-23-15-11-7-3)45-59-51(57)35-27-21-29-37-53(39-40-54(41-42-55)49-43-50(56)44-49)38-30-22-28-36-52(58)60-46-48(32-24-16-12-8-4)34-26-20-18-14-10-6-2/h47-50,55-56H,5-46H2,1-4H3. The number of hydrogen-bond acceptors (Lipinski definition) is 8. The molecule has 1 aliphatic carbocycles. The second-order valence-electron chi connectivity index (χ2n) is 18.9. The third-order valence-electron chi connectivity index (χ3n) is 13.2. The molecule has 0 aromatic rings. The molecule has 0 aliphatic heterocycles. The topological polar surface area (TPSA) is 99.5 Å². The summed E-state index contributed by atoms with van der Waals surface area (Å²) in [5.41, 5.74) is 0. The summed E-state index contributed by atoms with van der Waals surface area (Å²) in [6.45, 7) is 14.8. The molecule has 2 unspecified atom stereocenters. The molecular weight excluding hydrogens is 749 g/mol. The molecule has 1 fully saturated rings. The van der Waals surface area contributed by atoms with Crippen molar-refractivity contribution in [3.8, 4) is 0 Å². The third-order valence-corrected chi connectivity index (χ3v) is 13.2. The van der Waals surface area contributed by atoms with E-state index in [0.29, 0.717) is 50.5 Å². The molecule has 60 heavy (non-hydrogen) atoms. The summed E-state index contributed by atoms with van der Waals surface area (Å²) < 4.78 is 11.7. The van der Waals surface area contributed by atoms with Crippen LogP contribution >= 0.6 is 0 Å². The van der Waals surface area contributed by atoms with E-state index in [-0.39, 0.29) is 24.6 Å². The van der Waals surface area contributed by atoms with E-state index >= 15 is 0 Å². The van der Waals surface area contributed by atoms with Crippen molar-refractivity contribution >= 4 is 11.9 Å². The SMILES string of the molecule is CCCCCCCCC(CCCCCC)COC(=O)CCCCCN(CCCCCC(=O)OCC(CCCCCC)CCCCCCCC)CCN(CCO)C1CC(O)C1. The van der Waals surface area contributed by atoms with Gasteiger partial charge in [-0.25, -0.2) is 0 Å². The lowest BCUT2D eigenvalue weighted by Crippen LogP contribution is -2.50. The van der Waals surface area contributed by atoms with Crippen LogP contribution in [0.15, 0.2) is 0 Å². The zero-order valence-electron chi connectivity index (χ0n) is 40.4. The molecule has 1 rings (SSSR count). The highest BCUT2D eigenvalue weighted by Crippen LogP contribution is 2.26. The molecule has 2 N–H and O–H groups in total. The number of hydrogen-bond donors (Lipinski definition) is 2. The molecule has 0 amide bonds. The van der Waals surface area contributed by atoms with Gasteiger partial charge in [-0.05, 0) is 89.1 Å². The van der Waals surface area contributed by atoms with Gasteiger partial charge in [0.05, 0.1) is 25.9 Å². The zero-order chi connectivity index (χ0) is 43.7. The van der Waals surface area contributed by atoms with Gasteiger partial charge in [-0.2, -0.15) is 0 Å². The normalized spacial score (nSPS) is 16.3. The van der Waals surface area contributed by atoms with Crippen LogP contribution in [0.5, 0.6) is 0 Å². The monoisotopic (exact) mass is 851 g/mol. The van der Waals surface area contributed by atoms with Crippen LogP contribution in [0.4, 0.5) is 0 Å². The van der Waals surface area contributed by atoms with Crippen LogP contribution in [-0.2, 0) is 19.1 Å². The molecule has 1 aliphatic rings. The van der Waals surface area contributed by atoms with Gasteiger partial charge < -0.3 is 24.6 Å². The Balaban J connectivity index is 2.51. The molecule has 8 heteroatoms. The largest absolute Gasteiger partial charge is 0.465 e. The lowest BCUT2D eigenvalue weighted by molar-refractivity contribution is -0.146. The lowest BCUT2D eigenvalue weighted by atomic mass is 9.88. The molecule has 0 aromatic heterocycles. The number of unbranched alkanes of at least 4 members (excludes halogenated alkanes) is 20. The minimum atomic E-state index is -0.209. The Morgan fingerprint density at radius 1 is 0.483 bits per heavy atom.